The Morgan fingerprint density at radius 3 is 2.33 bits per heavy atom. The number of carbonyl (C=O) groups is 1. The van der Waals surface area contributed by atoms with Gasteiger partial charge in [-0.1, -0.05) is 6.08 Å². The number of halogens is 1. The van der Waals surface area contributed by atoms with Crippen LogP contribution in [0.15, 0.2) is 47.2 Å². The molecule has 1 aromatic rings. The first-order valence-corrected chi connectivity index (χ1v) is 9.44. The molecule has 0 bridgehead atoms. The van der Waals surface area contributed by atoms with Gasteiger partial charge in [0, 0.05) is 41.0 Å². The van der Waals surface area contributed by atoms with Crippen molar-refractivity contribution < 1.29 is 4.79 Å². The van der Waals surface area contributed by atoms with Crippen molar-refractivity contribution in [3.63, 3.8) is 0 Å². The Labute approximate surface area is 157 Å². The number of hydrogen-bond acceptors (Lipinski definition) is 3. The van der Waals surface area contributed by atoms with Crippen LogP contribution in [-0.4, -0.2) is 48.1 Å². The molecule has 2 aliphatic heterocycles. The Kier molecular flexibility index (Phi) is 5.30. The van der Waals surface area contributed by atoms with Crippen LogP contribution in [0.2, 0.25) is 0 Å². The highest BCUT2D eigenvalue weighted by atomic mass is 127. The summed E-state index contributed by atoms with van der Waals surface area (Å²) < 4.78 is 1.15. The molecule has 2 aliphatic rings. The summed E-state index contributed by atoms with van der Waals surface area (Å²) in [4.78, 5) is 17.0. The lowest BCUT2D eigenvalue weighted by molar-refractivity contribution is 0.0575. The second-order valence-electron chi connectivity index (χ2n) is 6.58. The van der Waals surface area contributed by atoms with Crippen molar-refractivity contribution in [2.24, 2.45) is 0 Å². The summed E-state index contributed by atoms with van der Waals surface area (Å²) in [5.41, 5.74) is 4.67. The van der Waals surface area contributed by atoms with Crippen molar-refractivity contribution in [2.45, 2.75) is 26.9 Å². The lowest BCUT2D eigenvalue weighted by atomic mass is 10.0. The number of nitrogens with one attached hydrogen (secondary N) is 1. The molecule has 1 fully saturated rings. The smallest absolute Gasteiger partial charge is 0.253 e. The molecule has 1 N–H and O–H groups in total. The molecule has 4 nitrogen and oxygen atoms in total. The lowest BCUT2D eigenvalue weighted by Gasteiger charge is -2.41. The average molecular weight is 437 g/mol. The number of benzene rings is 1. The minimum absolute atomic E-state index is 0.141. The number of piperazine rings is 1. The van der Waals surface area contributed by atoms with E-state index in [9.17, 15) is 4.79 Å². The fraction of sp³-hybridized carbons (Fsp3) is 0.421. The van der Waals surface area contributed by atoms with Crippen molar-refractivity contribution >= 4 is 28.5 Å². The van der Waals surface area contributed by atoms with E-state index in [1.54, 1.807) is 0 Å². The third-order valence-corrected chi connectivity index (χ3v) is 5.60. The first-order valence-electron chi connectivity index (χ1n) is 8.37. The van der Waals surface area contributed by atoms with Gasteiger partial charge in [0.2, 0.25) is 0 Å². The summed E-state index contributed by atoms with van der Waals surface area (Å²) in [5.74, 6) is 0.141. The predicted molar refractivity (Wildman–Crippen MR) is 106 cm³/mol. The molecule has 0 radical (unpaired) electrons. The van der Waals surface area contributed by atoms with E-state index in [-0.39, 0.29) is 12.1 Å². The number of hydrogen-bond donors (Lipinski definition) is 1. The van der Waals surface area contributed by atoms with Gasteiger partial charge in [-0.05, 0) is 78.8 Å². The number of carbonyl (C=O) groups excluding carboxylic acids is 1. The number of amides is 1. The molecule has 0 aromatic heterocycles. The van der Waals surface area contributed by atoms with Crippen molar-refractivity contribution in [3.05, 3.63) is 56.3 Å². The Morgan fingerprint density at radius 2 is 1.71 bits per heavy atom. The molecular formula is C19H24IN3O. The maximum Gasteiger partial charge on any atom is 0.253 e. The highest BCUT2D eigenvalue weighted by molar-refractivity contribution is 14.1. The van der Waals surface area contributed by atoms with Gasteiger partial charge in [-0.2, -0.15) is 0 Å². The SMILES string of the molecule is CC1=CC(C)=C(C)NC1N1CCN(C(=O)c2ccc(I)cc2)CC1. The molecule has 3 rings (SSSR count). The maximum absolute atomic E-state index is 12.6. The normalized spacial score (nSPS) is 22.2. The Hall–Kier alpha value is -1.34. The van der Waals surface area contributed by atoms with Gasteiger partial charge in [-0.3, -0.25) is 9.69 Å². The first kappa shape index (κ1) is 17.5. The molecule has 1 amide bonds. The number of allylic oxidation sites excluding steroid dienone is 3. The Bertz CT molecular complexity index is 685. The molecule has 0 saturated carbocycles. The van der Waals surface area contributed by atoms with Crippen molar-refractivity contribution in [1.29, 1.82) is 0 Å². The topological polar surface area (TPSA) is 35.6 Å². The van der Waals surface area contributed by atoms with Gasteiger partial charge < -0.3 is 10.2 Å². The summed E-state index contributed by atoms with van der Waals surface area (Å²) in [6.45, 7) is 9.78. The predicted octanol–water partition coefficient (Wildman–Crippen LogP) is 3.22. The second kappa shape index (κ2) is 7.27. The maximum atomic E-state index is 12.6. The summed E-state index contributed by atoms with van der Waals surface area (Å²) in [5, 5.41) is 3.60. The van der Waals surface area contributed by atoms with Gasteiger partial charge in [0.05, 0.1) is 0 Å². The van der Waals surface area contributed by atoms with Gasteiger partial charge in [0.1, 0.15) is 6.17 Å². The fourth-order valence-electron chi connectivity index (χ4n) is 3.30. The molecule has 5 heteroatoms. The summed E-state index contributed by atoms with van der Waals surface area (Å²) in [7, 11) is 0. The van der Waals surface area contributed by atoms with Crippen LogP contribution < -0.4 is 5.32 Å². The average Bonchev–Trinajstić information content (AvgIpc) is 2.58. The van der Waals surface area contributed by atoms with E-state index in [1.165, 1.54) is 16.8 Å². The lowest BCUT2D eigenvalue weighted by Crippen LogP contribution is -2.56. The van der Waals surface area contributed by atoms with Crippen LogP contribution in [0.4, 0.5) is 0 Å². The highest BCUT2D eigenvalue weighted by Crippen LogP contribution is 2.21. The fourth-order valence-corrected chi connectivity index (χ4v) is 3.66. The molecule has 1 aromatic carbocycles. The van der Waals surface area contributed by atoms with Gasteiger partial charge in [0.15, 0.2) is 0 Å². The third-order valence-electron chi connectivity index (χ3n) is 4.88. The number of dihydropyridines is 1. The van der Waals surface area contributed by atoms with Crippen LogP contribution in [0.5, 0.6) is 0 Å². The molecule has 128 valence electrons. The van der Waals surface area contributed by atoms with Gasteiger partial charge in [-0.15, -0.1) is 0 Å². The molecule has 1 atom stereocenters. The van der Waals surface area contributed by atoms with Gasteiger partial charge >= 0.3 is 0 Å². The zero-order valence-electron chi connectivity index (χ0n) is 14.5. The van der Waals surface area contributed by atoms with Crippen molar-refractivity contribution in [3.8, 4) is 0 Å². The van der Waals surface area contributed by atoms with E-state index in [1.807, 2.05) is 29.2 Å². The van der Waals surface area contributed by atoms with E-state index in [4.69, 9.17) is 0 Å². The van der Waals surface area contributed by atoms with E-state index in [0.717, 1.165) is 35.3 Å². The standard InChI is InChI=1S/C19H24IN3O/c1-13-12-14(2)18(21-15(13)3)22-8-10-23(11-9-22)19(24)16-4-6-17(20)7-5-16/h4-7,12,18,21H,8-11H2,1-3H3. The van der Waals surface area contributed by atoms with Crippen LogP contribution in [0, 0.1) is 3.57 Å². The molecule has 24 heavy (non-hydrogen) atoms. The monoisotopic (exact) mass is 437 g/mol. The number of nitrogens with zero attached hydrogens (tertiary/aromatic N) is 2. The van der Waals surface area contributed by atoms with E-state index in [0.29, 0.717) is 0 Å². The van der Waals surface area contributed by atoms with Crippen LogP contribution in [0.1, 0.15) is 31.1 Å². The molecule has 0 aliphatic carbocycles. The minimum atomic E-state index is 0.141. The molecular weight excluding hydrogens is 413 g/mol. The van der Waals surface area contributed by atoms with E-state index >= 15 is 0 Å². The first-order chi connectivity index (χ1) is 11.5. The van der Waals surface area contributed by atoms with Gasteiger partial charge in [-0.25, -0.2) is 0 Å². The number of rotatable bonds is 2. The summed E-state index contributed by atoms with van der Waals surface area (Å²) >= 11 is 2.26. The highest BCUT2D eigenvalue weighted by Gasteiger charge is 2.28. The largest absolute Gasteiger partial charge is 0.369 e. The Balaban J connectivity index is 1.61. The zero-order chi connectivity index (χ0) is 17.3. The van der Waals surface area contributed by atoms with Gasteiger partial charge in [0.25, 0.3) is 5.91 Å². The summed E-state index contributed by atoms with van der Waals surface area (Å²) in [6.07, 6.45) is 2.52. The molecule has 2 heterocycles. The van der Waals surface area contributed by atoms with E-state index in [2.05, 4.69) is 59.7 Å². The van der Waals surface area contributed by atoms with Crippen LogP contribution in [0.3, 0.4) is 0 Å². The quantitative estimate of drug-likeness (QED) is 0.722. The van der Waals surface area contributed by atoms with Crippen LogP contribution in [0.25, 0.3) is 0 Å². The minimum Gasteiger partial charge on any atom is -0.369 e. The zero-order valence-corrected chi connectivity index (χ0v) is 16.6. The molecule has 1 saturated heterocycles. The van der Waals surface area contributed by atoms with Crippen molar-refractivity contribution in [1.82, 2.24) is 15.1 Å². The summed E-state index contributed by atoms with van der Waals surface area (Å²) in [6, 6.07) is 7.81. The Morgan fingerprint density at radius 1 is 1.08 bits per heavy atom. The van der Waals surface area contributed by atoms with Crippen molar-refractivity contribution in [2.75, 3.05) is 26.2 Å². The van der Waals surface area contributed by atoms with Crippen LogP contribution >= 0.6 is 22.6 Å². The third kappa shape index (κ3) is 3.67. The molecule has 0 spiro atoms. The second-order valence-corrected chi connectivity index (χ2v) is 7.82. The van der Waals surface area contributed by atoms with Crippen LogP contribution in [-0.2, 0) is 0 Å². The molecule has 1 unspecified atom stereocenters. The van der Waals surface area contributed by atoms with E-state index < -0.39 is 0 Å².